The molecule has 0 radical (unpaired) electrons. The van der Waals surface area contributed by atoms with E-state index in [1.165, 1.54) is 6.20 Å². The minimum Gasteiger partial charge on any atom is -0.434 e. The Labute approximate surface area is 168 Å². The van der Waals surface area contributed by atoms with Crippen molar-refractivity contribution < 1.29 is 17.7 Å². The molecule has 1 aliphatic rings. The molecule has 0 saturated heterocycles. The highest BCUT2D eigenvalue weighted by Crippen LogP contribution is 2.43. The maximum Gasteiger partial charge on any atom is 0.387 e. The van der Waals surface area contributed by atoms with Crippen molar-refractivity contribution in [3.8, 4) is 23.2 Å². The number of nitrogens with two attached hydrogens (primary N) is 1. The summed E-state index contributed by atoms with van der Waals surface area (Å²) < 4.78 is 43.8. The third-order valence-electron chi connectivity index (χ3n) is 5.28. The van der Waals surface area contributed by atoms with Crippen molar-refractivity contribution in [3.05, 3.63) is 41.6 Å². The van der Waals surface area contributed by atoms with E-state index in [9.17, 15) is 18.3 Å². The fourth-order valence-corrected chi connectivity index (χ4v) is 4.06. The Bertz CT molecular complexity index is 1150. The van der Waals surface area contributed by atoms with Gasteiger partial charge in [-0.05, 0) is 49.9 Å². The van der Waals surface area contributed by atoms with E-state index in [4.69, 9.17) is 5.14 Å². The van der Waals surface area contributed by atoms with Gasteiger partial charge >= 0.3 is 6.61 Å². The van der Waals surface area contributed by atoms with Gasteiger partial charge in [0, 0.05) is 23.7 Å². The number of nitriles is 1. The van der Waals surface area contributed by atoms with Crippen LogP contribution in [0.3, 0.4) is 0 Å². The van der Waals surface area contributed by atoms with Crippen LogP contribution >= 0.6 is 0 Å². The van der Waals surface area contributed by atoms with Gasteiger partial charge in [-0.1, -0.05) is 0 Å². The van der Waals surface area contributed by atoms with Crippen molar-refractivity contribution in [1.29, 1.82) is 5.26 Å². The second kappa shape index (κ2) is 7.54. The van der Waals surface area contributed by atoms with Crippen molar-refractivity contribution in [2.24, 2.45) is 5.14 Å². The van der Waals surface area contributed by atoms with Crippen LogP contribution in [0.15, 0.2) is 35.4 Å². The molecule has 1 aromatic carbocycles. The number of hydrogen-bond donors (Lipinski definition) is 1. The van der Waals surface area contributed by atoms with E-state index >= 15 is 0 Å². The Morgan fingerprint density at radius 3 is 2.66 bits per heavy atom. The Balaban J connectivity index is 1.99. The SMILES string of the molecule is Cc1cc2c(C#N)c(-c3ccc(S(N)=O)cn3)n(C3CCC3)c2cc1OC(F)F. The molecule has 0 aliphatic heterocycles. The molecule has 1 aliphatic carbocycles. The van der Waals surface area contributed by atoms with Gasteiger partial charge in [-0.15, -0.1) is 0 Å². The minimum absolute atomic E-state index is 0.0865. The highest BCUT2D eigenvalue weighted by Gasteiger charge is 2.29. The number of benzene rings is 1. The molecule has 3 aromatic rings. The molecule has 0 spiro atoms. The molecule has 1 saturated carbocycles. The standard InChI is InChI=1S/C20H18F2N4O2S/c1-11-7-14-15(9-23)19(16-6-5-13(10-25-16)29(24)27)26(12-3-2-4-12)17(14)8-18(11)28-20(21)22/h5-8,10,12,20H,2-4,24H2,1H3. The number of hydrogen-bond acceptors (Lipinski definition) is 4. The lowest BCUT2D eigenvalue weighted by atomic mass is 9.92. The number of aromatic nitrogens is 2. The number of nitrogens with zero attached hydrogens (tertiary/aromatic N) is 3. The molecule has 2 aromatic heterocycles. The molecule has 4 rings (SSSR count). The molecule has 150 valence electrons. The number of halogens is 2. The van der Waals surface area contributed by atoms with E-state index in [1.807, 2.05) is 4.57 Å². The molecular formula is C20H18F2N4O2S. The number of ether oxygens (including phenoxy) is 1. The predicted octanol–water partition coefficient (Wildman–Crippen LogP) is 4.19. The van der Waals surface area contributed by atoms with Gasteiger partial charge in [0.2, 0.25) is 0 Å². The Hall–Kier alpha value is -2.83. The molecule has 9 heteroatoms. The minimum atomic E-state index is -2.93. The van der Waals surface area contributed by atoms with E-state index in [1.54, 1.807) is 31.2 Å². The normalized spacial score (nSPS) is 15.3. The molecule has 29 heavy (non-hydrogen) atoms. The van der Waals surface area contributed by atoms with E-state index in [0.717, 1.165) is 19.3 Å². The topological polar surface area (TPSA) is 93.9 Å². The molecule has 1 fully saturated rings. The molecule has 2 N–H and O–H groups in total. The summed E-state index contributed by atoms with van der Waals surface area (Å²) in [5.41, 5.74) is 2.76. The van der Waals surface area contributed by atoms with E-state index in [2.05, 4.69) is 15.8 Å². The fraction of sp³-hybridized carbons (Fsp3) is 0.300. The summed E-state index contributed by atoms with van der Waals surface area (Å²) in [6.07, 6.45) is 4.32. The second-order valence-corrected chi connectivity index (χ2v) is 8.05. The Kier molecular flexibility index (Phi) is 5.06. The van der Waals surface area contributed by atoms with Crippen LogP contribution in [0.4, 0.5) is 8.78 Å². The first-order valence-corrected chi connectivity index (χ1v) is 10.3. The van der Waals surface area contributed by atoms with E-state index in [0.29, 0.717) is 38.3 Å². The number of pyridine rings is 1. The summed E-state index contributed by atoms with van der Waals surface area (Å²) in [5, 5.41) is 16.0. The fourth-order valence-electron chi connectivity index (χ4n) is 3.70. The highest BCUT2D eigenvalue weighted by atomic mass is 32.2. The largest absolute Gasteiger partial charge is 0.434 e. The van der Waals surface area contributed by atoms with Crippen LogP contribution in [-0.4, -0.2) is 20.4 Å². The monoisotopic (exact) mass is 416 g/mol. The number of alkyl halides is 2. The second-order valence-electron chi connectivity index (χ2n) is 6.98. The van der Waals surface area contributed by atoms with E-state index in [-0.39, 0.29) is 11.8 Å². The first kappa shape index (κ1) is 19.5. The quantitative estimate of drug-likeness (QED) is 0.675. The van der Waals surface area contributed by atoms with Crippen LogP contribution in [0.5, 0.6) is 5.75 Å². The van der Waals surface area contributed by atoms with Gasteiger partial charge in [-0.25, -0.2) is 9.35 Å². The molecule has 0 amide bonds. The molecule has 6 nitrogen and oxygen atoms in total. The Morgan fingerprint density at radius 2 is 2.14 bits per heavy atom. The zero-order valence-electron chi connectivity index (χ0n) is 15.6. The lowest BCUT2D eigenvalue weighted by molar-refractivity contribution is -0.0502. The van der Waals surface area contributed by atoms with Gasteiger partial charge in [0.05, 0.1) is 27.4 Å². The zero-order valence-corrected chi connectivity index (χ0v) is 16.4. The van der Waals surface area contributed by atoms with Crippen molar-refractivity contribution in [3.63, 3.8) is 0 Å². The summed E-state index contributed by atoms with van der Waals surface area (Å²) in [6.45, 7) is -1.26. The summed E-state index contributed by atoms with van der Waals surface area (Å²) in [7, 11) is -1.65. The van der Waals surface area contributed by atoms with Crippen molar-refractivity contribution in [1.82, 2.24) is 9.55 Å². The summed E-state index contributed by atoms with van der Waals surface area (Å²) in [6, 6.07) is 8.95. The molecule has 0 bridgehead atoms. The maximum absolute atomic E-state index is 12.8. The van der Waals surface area contributed by atoms with Crippen molar-refractivity contribution >= 4 is 21.9 Å². The smallest absolute Gasteiger partial charge is 0.387 e. The van der Waals surface area contributed by atoms with Crippen LogP contribution in [-0.2, 0) is 11.0 Å². The first-order chi connectivity index (χ1) is 13.9. The van der Waals surface area contributed by atoms with Crippen LogP contribution in [0.2, 0.25) is 0 Å². The third kappa shape index (κ3) is 3.39. The molecule has 2 heterocycles. The van der Waals surface area contributed by atoms with Crippen LogP contribution in [0.25, 0.3) is 22.3 Å². The van der Waals surface area contributed by atoms with Crippen molar-refractivity contribution in [2.75, 3.05) is 0 Å². The maximum atomic E-state index is 12.8. The molecular weight excluding hydrogens is 398 g/mol. The average Bonchev–Trinajstić information content (AvgIpc) is 2.93. The average molecular weight is 416 g/mol. The molecule has 1 unspecified atom stereocenters. The van der Waals surface area contributed by atoms with Gasteiger partial charge < -0.3 is 9.30 Å². The predicted molar refractivity (Wildman–Crippen MR) is 105 cm³/mol. The summed E-state index contributed by atoms with van der Waals surface area (Å²) in [4.78, 5) is 4.75. The lowest BCUT2D eigenvalue weighted by Crippen LogP contribution is -2.18. The first-order valence-electron chi connectivity index (χ1n) is 9.06. The highest BCUT2D eigenvalue weighted by molar-refractivity contribution is 7.82. The number of fused-ring (bicyclic) bond motifs is 1. The van der Waals surface area contributed by atoms with Gasteiger partial charge in [-0.2, -0.15) is 14.0 Å². The van der Waals surface area contributed by atoms with Gasteiger partial charge in [0.25, 0.3) is 0 Å². The van der Waals surface area contributed by atoms with Crippen LogP contribution in [0.1, 0.15) is 36.4 Å². The van der Waals surface area contributed by atoms with Crippen molar-refractivity contribution in [2.45, 2.75) is 43.7 Å². The van der Waals surface area contributed by atoms with Gasteiger partial charge in [0.15, 0.2) is 0 Å². The number of rotatable bonds is 5. The van der Waals surface area contributed by atoms with Crippen LogP contribution in [0, 0.1) is 18.3 Å². The lowest BCUT2D eigenvalue weighted by Gasteiger charge is -2.30. The third-order valence-corrected chi connectivity index (χ3v) is 5.98. The molecule has 1 atom stereocenters. The summed E-state index contributed by atoms with van der Waals surface area (Å²) >= 11 is 0. The summed E-state index contributed by atoms with van der Waals surface area (Å²) in [5.74, 6) is 0.0865. The zero-order chi connectivity index (χ0) is 20.7. The van der Waals surface area contributed by atoms with Crippen LogP contribution < -0.4 is 9.88 Å². The van der Waals surface area contributed by atoms with E-state index < -0.39 is 17.6 Å². The van der Waals surface area contributed by atoms with Gasteiger partial charge in [0.1, 0.15) is 22.8 Å². The number of aryl methyl sites for hydroxylation is 1. The van der Waals surface area contributed by atoms with Gasteiger partial charge in [-0.3, -0.25) is 4.98 Å². The Morgan fingerprint density at radius 1 is 1.38 bits per heavy atom.